The molecular formula is C22H26N2O2. The average molecular weight is 350 g/mol. The Morgan fingerprint density at radius 2 is 1.42 bits per heavy atom. The van der Waals surface area contributed by atoms with Gasteiger partial charge in [-0.1, -0.05) is 38.1 Å². The van der Waals surface area contributed by atoms with E-state index in [0.717, 1.165) is 24.0 Å². The lowest BCUT2D eigenvalue weighted by Crippen LogP contribution is -2.40. The lowest BCUT2D eigenvalue weighted by molar-refractivity contribution is 0.211. The predicted molar refractivity (Wildman–Crippen MR) is 107 cm³/mol. The summed E-state index contributed by atoms with van der Waals surface area (Å²) in [6.07, 6.45) is 5.39. The number of hydrogen-bond donors (Lipinski definition) is 2. The topological polar surface area (TPSA) is 65.2 Å². The van der Waals surface area contributed by atoms with Crippen molar-refractivity contribution in [3.05, 3.63) is 59.7 Å². The van der Waals surface area contributed by atoms with Gasteiger partial charge >= 0.3 is 0 Å². The van der Waals surface area contributed by atoms with E-state index in [0.29, 0.717) is 0 Å². The van der Waals surface area contributed by atoms with E-state index in [2.05, 4.69) is 20.8 Å². The summed E-state index contributed by atoms with van der Waals surface area (Å²) in [5.41, 5.74) is 1.05. The van der Waals surface area contributed by atoms with Crippen molar-refractivity contribution in [2.45, 2.75) is 45.2 Å². The Kier molecular flexibility index (Phi) is 4.86. The lowest BCUT2D eigenvalue weighted by atomic mass is 9.74. The summed E-state index contributed by atoms with van der Waals surface area (Å²) in [5.74, 6) is 0.483. The lowest BCUT2D eigenvalue weighted by Gasteiger charge is -2.37. The molecule has 0 amide bonds. The van der Waals surface area contributed by atoms with Crippen LogP contribution in [0, 0.1) is 5.41 Å². The van der Waals surface area contributed by atoms with Crippen LogP contribution in [0.2, 0.25) is 0 Å². The molecule has 2 N–H and O–H groups in total. The molecule has 0 spiro atoms. The van der Waals surface area contributed by atoms with E-state index in [-0.39, 0.29) is 28.5 Å². The zero-order valence-electron chi connectivity index (χ0n) is 15.6. The number of phenols is 2. The average Bonchev–Trinajstić information content (AvgIpc) is 2.84. The summed E-state index contributed by atoms with van der Waals surface area (Å²) in [5, 5.41) is 19.9. The van der Waals surface area contributed by atoms with Crippen molar-refractivity contribution in [1.82, 2.24) is 0 Å². The number of hydrogen-bond acceptors (Lipinski definition) is 4. The van der Waals surface area contributed by atoms with Gasteiger partial charge in [-0.15, -0.1) is 0 Å². The van der Waals surface area contributed by atoms with Crippen LogP contribution in [-0.2, 0) is 0 Å². The summed E-state index contributed by atoms with van der Waals surface area (Å²) in [7, 11) is 0. The molecule has 0 bridgehead atoms. The highest BCUT2D eigenvalue weighted by Gasteiger charge is 2.51. The molecule has 1 saturated carbocycles. The smallest absolute Gasteiger partial charge is 0.124 e. The molecule has 4 heteroatoms. The van der Waals surface area contributed by atoms with Crippen LogP contribution in [0.25, 0.3) is 0 Å². The molecular weight excluding hydrogens is 324 g/mol. The maximum atomic E-state index is 9.95. The van der Waals surface area contributed by atoms with Gasteiger partial charge in [-0.05, 0) is 44.0 Å². The Morgan fingerprint density at radius 3 is 2.00 bits per heavy atom. The van der Waals surface area contributed by atoms with Gasteiger partial charge in [0.05, 0.1) is 11.6 Å². The van der Waals surface area contributed by atoms with Crippen molar-refractivity contribution in [3.8, 4) is 11.5 Å². The van der Waals surface area contributed by atoms with E-state index >= 15 is 0 Å². The first-order chi connectivity index (χ1) is 12.3. The fourth-order valence-electron chi connectivity index (χ4n) is 3.53. The summed E-state index contributed by atoms with van der Waals surface area (Å²) >= 11 is 0. The molecule has 2 aromatic carbocycles. The maximum absolute atomic E-state index is 9.95. The van der Waals surface area contributed by atoms with Crippen molar-refractivity contribution < 1.29 is 10.2 Å². The second-order valence-electron chi connectivity index (χ2n) is 7.70. The van der Waals surface area contributed by atoms with E-state index < -0.39 is 0 Å². The zero-order chi connectivity index (χ0) is 18.8. The van der Waals surface area contributed by atoms with Gasteiger partial charge in [0.1, 0.15) is 11.5 Å². The highest BCUT2D eigenvalue weighted by Crippen LogP contribution is 2.50. The Hall–Kier alpha value is -2.62. The predicted octanol–water partition coefficient (Wildman–Crippen LogP) is 4.58. The van der Waals surface area contributed by atoms with Gasteiger partial charge in [-0.25, -0.2) is 0 Å². The number of aliphatic imine (C=N–C) groups is 2. The minimum Gasteiger partial charge on any atom is -0.507 e. The van der Waals surface area contributed by atoms with Gasteiger partial charge in [0.2, 0.25) is 0 Å². The standard InChI is InChI=1S/C22H26N2O2/c1-21(2)20(23-14-16-8-4-6-10-18(16)25)12-13-22(21,3)24-15-17-9-5-7-11-19(17)26/h4-11,14-15,20,25-26H,12-13H2,1-3H3. The Morgan fingerprint density at radius 1 is 0.885 bits per heavy atom. The van der Waals surface area contributed by atoms with Crippen molar-refractivity contribution in [3.63, 3.8) is 0 Å². The SMILES string of the molecule is CC1(N=Cc2ccccc2O)CCC(N=Cc2ccccc2O)C1(C)C. The molecule has 0 radical (unpaired) electrons. The molecule has 0 saturated heterocycles. The third-order valence-corrected chi connectivity index (χ3v) is 5.88. The quantitative estimate of drug-likeness (QED) is 0.793. The third kappa shape index (κ3) is 3.36. The third-order valence-electron chi connectivity index (χ3n) is 5.88. The largest absolute Gasteiger partial charge is 0.507 e. The van der Waals surface area contributed by atoms with Crippen LogP contribution in [0.4, 0.5) is 0 Å². The first-order valence-electron chi connectivity index (χ1n) is 8.98. The molecule has 0 heterocycles. The van der Waals surface area contributed by atoms with Crippen LogP contribution >= 0.6 is 0 Å². The summed E-state index contributed by atoms with van der Waals surface area (Å²) in [6.45, 7) is 6.53. The minimum absolute atomic E-state index is 0.119. The van der Waals surface area contributed by atoms with Gasteiger partial charge in [-0.3, -0.25) is 9.98 Å². The van der Waals surface area contributed by atoms with Crippen molar-refractivity contribution in [2.24, 2.45) is 15.4 Å². The number of rotatable bonds is 4. The first kappa shape index (κ1) is 18.2. The maximum Gasteiger partial charge on any atom is 0.124 e. The Labute approximate surface area is 155 Å². The van der Waals surface area contributed by atoms with Crippen LogP contribution in [0.3, 0.4) is 0 Å². The monoisotopic (exact) mass is 350 g/mol. The van der Waals surface area contributed by atoms with E-state index in [1.165, 1.54) is 0 Å². The van der Waals surface area contributed by atoms with Gasteiger partial charge in [0.15, 0.2) is 0 Å². The van der Waals surface area contributed by atoms with E-state index in [4.69, 9.17) is 9.98 Å². The Bertz CT molecular complexity index is 842. The van der Waals surface area contributed by atoms with Gasteiger partial charge < -0.3 is 10.2 Å². The normalized spacial score (nSPS) is 25.3. The summed E-state index contributed by atoms with van der Waals surface area (Å²) in [6, 6.07) is 14.6. The van der Waals surface area contributed by atoms with Crippen LogP contribution in [0.1, 0.15) is 44.7 Å². The molecule has 1 fully saturated rings. The fraction of sp³-hybridized carbons (Fsp3) is 0.364. The van der Waals surface area contributed by atoms with Crippen LogP contribution in [-0.4, -0.2) is 34.2 Å². The number of para-hydroxylation sites is 2. The molecule has 3 rings (SSSR count). The molecule has 1 aliphatic carbocycles. The van der Waals surface area contributed by atoms with E-state index in [9.17, 15) is 10.2 Å². The van der Waals surface area contributed by atoms with Crippen molar-refractivity contribution >= 4 is 12.4 Å². The second kappa shape index (κ2) is 6.94. The molecule has 0 aromatic heterocycles. The highest BCUT2D eigenvalue weighted by atomic mass is 16.3. The number of nitrogens with zero attached hydrogens (tertiary/aromatic N) is 2. The van der Waals surface area contributed by atoms with Crippen LogP contribution < -0.4 is 0 Å². The molecule has 26 heavy (non-hydrogen) atoms. The molecule has 2 unspecified atom stereocenters. The Balaban J connectivity index is 1.81. The number of benzene rings is 2. The van der Waals surface area contributed by atoms with Crippen molar-refractivity contribution in [1.29, 1.82) is 0 Å². The molecule has 2 atom stereocenters. The van der Waals surface area contributed by atoms with E-state index in [1.54, 1.807) is 36.7 Å². The van der Waals surface area contributed by atoms with Crippen LogP contribution in [0.15, 0.2) is 58.5 Å². The second-order valence-corrected chi connectivity index (χ2v) is 7.70. The van der Waals surface area contributed by atoms with Gasteiger partial charge in [0.25, 0.3) is 0 Å². The molecule has 1 aliphatic rings. The van der Waals surface area contributed by atoms with Gasteiger partial charge in [-0.2, -0.15) is 0 Å². The van der Waals surface area contributed by atoms with E-state index in [1.807, 2.05) is 24.3 Å². The molecule has 0 aliphatic heterocycles. The van der Waals surface area contributed by atoms with Crippen LogP contribution in [0.5, 0.6) is 11.5 Å². The first-order valence-corrected chi connectivity index (χ1v) is 8.98. The molecule has 136 valence electrons. The number of aromatic hydroxyl groups is 2. The summed E-state index contributed by atoms with van der Waals surface area (Å²) < 4.78 is 0. The zero-order valence-corrected chi connectivity index (χ0v) is 15.6. The van der Waals surface area contributed by atoms with Gasteiger partial charge in [0, 0.05) is 29.0 Å². The van der Waals surface area contributed by atoms with Crippen molar-refractivity contribution in [2.75, 3.05) is 0 Å². The molecule has 4 nitrogen and oxygen atoms in total. The highest BCUT2D eigenvalue weighted by molar-refractivity contribution is 5.84. The summed E-state index contributed by atoms with van der Waals surface area (Å²) in [4.78, 5) is 9.62. The fourth-order valence-corrected chi connectivity index (χ4v) is 3.53. The number of phenolic OH excluding ortho intramolecular Hbond substituents is 2. The molecule has 2 aromatic rings. The minimum atomic E-state index is -0.268.